The molecule has 1 unspecified atom stereocenters. The van der Waals surface area contributed by atoms with Gasteiger partial charge in [0.05, 0.1) is 13.2 Å². The Hall–Kier alpha value is -0.850. The minimum Gasteiger partial charge on any atom is -0.381 e. The normalized spacial score (nSPS) is 23.8. The molecule has 2 fully saturated rings. The van der Waals surface area contributed by atoms with Crippen molar-refractivity contribution in [2.45, 2.75) is 31.8 Å². The van der Waals surface area contributed by atoms with E-state index in [-0.39, 0.29) is 18.1 Å². The highest BCUT2D eigenvalue weighted by Crippen LogP contribution is 2.05. The van der Waals surface area contributed by atoms with Crippen LogP contribution in [-0.4, -0.2) is 69.1 Å². The molecule has 0 aromatic heterocycles. The lowest BCUT2D eigenvalue weighted by Gasteiger charge is -2.30. The Morgan fingerprint density at radius 2 is 1.84 bits per heavy atom. The number of nitrogens with one attached hydrogen (secondary N) is 2. The second-order valence-electron chi connectivity index (χ2n) is 5.32. The summed E-state index contributed by atoms with van der Waals surface area (Å²) in [5, 5.41) is 6.01. The molecule has 2 heterocycles. The molecule has 0 saturated carbocycles. The van der Waals surface area contributed by atoms with Crippen molar-refractivity contribution in [3.63, 3.8) is 0 Å². The molecule has 1 atom stereocenters. The summed E-state index contributed by atoms with van der Waals surface area (Å²) in [5.41, 5.74) is 0. The van der Waals surface area contributed by atoms with E-state index in [1.807, 2.05) is 6.92 Å². The van der Waals surface area contributed by atoms with Crippen LogP contribution >= 0.6 is 0 Å². The van der Waals surface area contributed by atoms with Crippen molar-refractivity contribution >= 4 is 6.03 Å². The van der Waals surface area contributed by atoms with Crippen LogP contribution in [0.2, 0.25) is 0 Å². The van der Waals surface area contributed by atoms with Gasteiger partial charge in [0.2, 0.25) is 0 Å². The Balaban J connectivity index is 1.63. The maximum atomic E-state index is 11.9. The van der Waals surface area contributed by atoms with Crippen molar-refractivity contribution in [2.75, 3.05) is 46.1 Å². The van der Waals surface area contributed by atoms with E-state index < -0.39 is 0 Å². The highest BCUT2D eigenvalue weighted by Gasteiger charge is 2.18. The number of carbonyl (C=O) groups excluding carboxylic acids is 1. The molecule has 0 aromatic rings. The molecule has 6 nitrogen and oxygen atoms in total. The van der Waals surface area contributed by atoms with Gasteiger partial charge in [-0.15, -0.1) is 0 Å². The van der Waals surface area contributed by atoms with Crippen LogP contribution in [0.5, 0.6) is 0 Å². The maximum absolute atomic E-state index is 11.9. The standard InChI is InChI=1S/C13H25N3O3/c1-11(10-16-4-8-19-9-5-16)14-13(17)15-12-2-6-18-7-3-12/h11-12H,2-10H2,1H3,(H2,14,15,17). The van der Waals surface area contributed by atoms with Gasteiger partial charge in [-0.25, -0.2) is 4.79 Å². The SMILES string of the molecule is CC(CN1CCOCC1)NC(=O)NC1CCOCC1. The molecule has 2 aliphatic rings. The van der Waals surface area contributed by atoms with Gasteiger partial charge in [0.1, 0.15) is 0 Å². The fraction of sp³-hybridized carbons (Fsp3) is 0.923. The highest BCUT2D eigenvalue weighted by molar-refractivity contribution is 5.74. The summed E-state index contributed by atoms with van der Waals surface area (Å²) in [5.74, 6) is 0. The molecular weight excluding hydrogens is 246 g/mol. The van der Waals surface area contributed by atoms with E-state index in [4.69, 9.17) is 9.47 Å². The summed E-state index contributed by atoms with van der Waals surface area (Å²) in [6.45, 7) is 7.90. The molecule has 110 valence electrons. The Morgan fingerprint density at radius 3 is 2.53 bits per heavy atom. The van der Waals surface area contributed by atoms with Gasteiger partial charge >= 0.3 is 6.03 Å². The van der Waals surface area contributed by atoms with Gasteiger partial charge in [0.15, 0.2) is 0 Å². The lowest BCUT2D eigenvalue weighted by Crippen LogP contribution is -2.51. The van der Waals surface area contributed by atoms with Crippen molar-refractivity contribution in [3.8, 4) is 0 Å². The first-order valence-electron chi connectivity index (χ1n) is 7.19. The van der Waals surface area contributed by atoms with Gasteiger partial charge in [-0.2, -0.15) is 0 Å². The van der Waals surface area contributed by atoms with Crippen LogP contribution in [0.4, 0.5) is 4.79 Å². The minimum absolute atomic E-state index is 0.0624. The van der Waals surface area contributed by atoms with Gasteiger partial charge in [0, 0.05) is 44.9 Å². The van der Waals surface area contributed by atoms with Crippen LogP contribution < -0.4 is 10.6 Å². The minimum atomic E-state index is -0.0624. The van der Waals surface area contributed by atoms with Crippen LogP contribution in [0, 0.1) is 0 Å². The molecule has 0 bridgehead atoms. The monoisotopic (exact) mass is 271 g/mol. The highest BCUT2D eigenvalue weighted by atomic mass is 16.5. The fourth-order valence-corrected chi connectivity index (χ4v) is 2.51. The average Bonchev–Trinajstić information content (AvgIpc) is 2.40. The fourth-order valence-electron chi connectivity index (χ4n) is 2.51. The van der Waals surface area contributed by atoms with Gasteiger partial charge < -0.3 is 20.1 Å². The number of rotatable bonds is 4. The summed E-state index contributed by atoms with van der Waals surface area (Å²) in [6, 6.07) is 0.343. The third kappa shape index (κ3) is 5.34. The summed E-state index contributed by atoms with van der Waals surface area (Å²) >= 11 is 0. The first-order chi connectivity index (χ1) is 9.24. The van der Waals surface area contributed by atoms with E-state index in [9.17, 15) is 4.79 Å². The van der Waals surface area contributed by atoms with E-state index >= 15 is 0 Å². The molecule has 2 N–H and O–H groups in total. The van der Waals surface area contributed by atoms with Gasteiger partial charge in [-0.05, 0) is 19.8 Å². The van der Waals surface area contributed by atoms with E-state index in [1.54, 1.807) is 0 Å². The Labute approximate surface area is 114 Å². The molecule has 2 saturated heterocycles. The molecule has 19 heavy (non-hydrogen) atoms. The molecular formula is C13H25N3O3. The quantitative estimate of drug-likeness (QED) is 0.766. The summed E-state index contributed by atoms with van der Waals surface area (Å²) in [7, 11) is 0. The van der Waals surface area contributed by atoms with Crippen molar-refractivity contribution in [3.05, 3.63) is 0 Å². The largest absolute Gasteiger partial charge is 0.381 e. The van der Waals surface area contributed by atoms with Gasteiger partial charge in [0.25, 0.3) is 0 Å². The predicted octanol–water partition coefficient (Wildman–Crippen LogP) is 0.185. The zero-order valence-corrected chi connectivity index (χ0v) is 11.7. The molecule has 2 aliphatic heterocycles. The number of hydrogen-bond donors (Lipinski definition) is 2. The number of hydrogen-bond acceptors (Lipinski definition) is 4. The topological polar surface area (TPSA) is 62.8 Å². The molecule has 0 aromatic carbocycles. The maximum Gasteiger partial charge on any atom is 0.315 e. The van der Waals surface area contributed by atoms with E-state index in [2.05, 4.69) is 15.5 Å². The summed E-state index contributed by atoms with van der Waals surface area (Å²) in [6.07, 6.45) is 1.82. The molecule has 0 spiro atoms. The van der Waals surface area contributed by atoms with Gasteiger partial charge in [-0.1, -0.05) is 0 Å². The third-order valence-electron chi connectivity index (χ3n) is 3.57. The van der Waals surface area contributed by atoms with Crippen LogP contribution in [0.1, 0.15) is 19.8 Å². The number of ether oxygens (including phenoxy) is 2. The summed E-state index contributed by atoms with van der Waals surface area (Å²) < 4.78 is 10.6. The number of nitrogens with zero attached hydrogens (tertiary/aromatic N) is 1. The molecule has 2 amide bonds. The number of amides is 2. The molecule has 2 rings (SSSR count). The zero-order chi connectivity index (χ0) is 13.5. The molecule has 0 aliphatic carbocycles. The molecule has 0 radical (unpaired) electrons. The average molecular weight is 271 g/mol. The van der Waals surface area contributed by atoms with E-state index in [0.717, 1.165) is 58.9 Å². The Morgan fingerprint density at radius 1 is 1.21 bits per heavy atom. The Bertz CT molecular complexity index is 276. The first kappa shape index (κ1) is 14.6. The Kier molecular flexibility index (Phi) is 5.88. The number of urea groups is 1. The van der Waals surface area contributed by atoms with E-state index in [0.29, 0.717) is 0 Å². The second-order valence-corrected chi connectivity index (χ2v) is 5.32. The van der Waals surface area contributed by atoms with Crippen molar-refractivity contribution in [2.24, 2.45) is 0 Å². The second kappa shape index (κ2) is 7.67. The van der Waals surface area contributed by atoms with Crippen molar-refractivity contribution in [1.29, 1.82) is 0 Å². The zero-order valence-electron chi connectivity index (χ0n) is 11.7. The van der Waals surface area contributed by atoms with E-state index in [1.165, 1.54) is 0 Å². The smallest absolute Gasteiger partial charge is 0.315 e. The third-order valence-corrected chi connectivity index (χ3v) is 3.57. The number of morpholine rings is 1. The van der Waals surface area contributed by atoms with Crippen LogP contribution in [-0.2, 0) is 9.47 Å². The van der Waals surface area contributed by atoms with Gasteiger partial charge in [-0.3, -0.25) is 4.90 Å². The van der Waals surface area contributed by atoms with Crippen LogP contribution in [0.15, 0.2) is 0 Å². The van der Waals surface area contributed by atoms with Crippen LogP contribution in [0.3, 0.4) is 0 Å². The molecule has 6 heteroatoms. The first-order valence-corrected chi connectivity index (χ1v) is 7.19. The summed E-state index contributed by atoms with van der Waals surface area (Å²) in [4.78, 5) is 14.2. The number of carbonyl (C=O) groups is 1. The van der Waals surface area contributed by atoms with Crippen molar-refractivity contribution in [1.82, 2.24) is 15.5 Å². The lowest BCUT2D eigenvalue weighted by molar-refractivity contribution is 0.0348. The van der Waals surface area contributed by atoms with Crippen molar-refractivity contribution < 1.29 is 14.3 Å². The lowest BCUT2D eigenvalue weighted by atomic mass is 10.1. The predicted molar refractivity (Wildman–Crippen MR) is 72.2 cm³/mol. The van der Waals surface area contributed by atoms with Crippen LogP contribution in [0.25, 0.3) is 0 Å².